The molecule has 0 aromatic carbocycles. The number of hydrogen-bond acceptors (Lipinski definition) is 2. The number of rotatable bonds is 4. The molecule has 1 N–H and O–H groups in total. The topological polar surface area (TPSA) is 29.1 Å². The third-order valence-electron chi connectivity index (χ3n) is 4.08. The summed E-state index contributed by atoms with van der Waals surface area (Å²) in [4.78, 5) is 12.1. The molecule has 80 valence electrons. The Kier molecular flexibility index (Phi) is 2.91. The fourth-order valence-corrected chi connectivity index (χ4v) is 2.70. The van der Waals surface area contributed by atoms with Crippen molar-refractivity contribution < 1.29 is 4.79 Å². The van der Waals surface area contributed by atoms with E-state index in [1.165, 1.54) is 25.7 Å². The molecule has 1 aliphatic carbocycles. The van der Waals surface area contributed by atoms with Gasteiger partial charge in [0, 0.05) is 6.42 Å². The highest BCUT2D eigenvalue weighted by Gasteiger charge is 2.39. The molecule has 1 saturated heterocycles. The summed E-state index contributed by atoms with van der Waals surface area (Å²) in [5.41, 5.74) is -0.129. The maximum atomic E-state index is 12.1. The Balaban J connectivity index is 1.92. The van der Waals surface area contributed by atoms with E-state index in [9.17, 15) is 4.79 Å². The zero-order chi connectivity index (χ0) is 10.0. The van der Waals surface area contributed by atoms with Crippen LogP contribution in [0.4, 0.5) is 0 Å². The first-order valence-corrected chi connectivity index (χ1v) is 6.05. The molecule has 0 amide bonds. The molecule has 0 bridgehead atoms. The molecular formula is C12H21NO. The Morgan fingerprint density at radius 3 is 2.64 bits per heavy atom. The highest BCUT2D eigenvalue weighted by Crippen LogP contribution is 2.33. The zero-order valence-corrected chi connectivity index (χ0v) is 9.14. The van der Waals surface area contributed by atoms with E-state index < -0.39 is 0 Å². The highest BCUT2D eigenvalue weighted by atomic mass is 16.1. The fourth-order valence-electron chi connectivity index (χ4n) is 2.70. The van der Waals surface area contributed by atoms with Crippen molar-refractivity contribution in [2.75, 3.05) is 6.54 Å². The minimum atomic E-state index is -0.129. The van der Waals surface area contributed by atoms with E-state index in [2.05, 4.69) is 12.2 Å². The van der Waals surface area contributed by atoms with E-state index >= 15 is 0 Å². The molecule has 0 radical (unpaired) electrons. The second kappa shape index (κ2) is 4.01. The van der Waals surface area contributed by atoms with Crippen LogP contribution in [0.25, 0.3) is 0 Å². The van der Waals surface area contributed by atoms with E-state index in [-0.39, 0.29) is 5.54 Å². The van der Waals surface area contributed by atoms with Gasteiger partial charge in [-0.15, -0.1) is 0 Å². The molecule has 1 atom stereocenters. The van der Waals surface area contributed by atoms with E-state index in [4.69, 9.17) is 0 Å². The average molecular weight is 195 g/mol. The molecule has 2 heteroatoms. The first-order chi connectivity index (χ1) is 6.77. The molecule has 1 aliphatic heterocycles. The second-order valence-corrected chi connectivity index (χ2v) is 4.89. The molecule has 14 heavy (non-hydrogen) atoms. The minimum absolute atomic E-state index is 0.129. The monoisotopic (exact) mass is 195 g/mol. The smallest absolute Gasteiger partial charge is 0.153 e. The Hall–Kier alpha value is -0.370. The first kappa shape index (κ1) is 10.2. The lowest BCUT2D eigenvalue weighted by molar-refractivity contribution is -0.126. The van der Waals surface area contributed by atoms with Gasteiger partial charge in [-0.3, -0.25) is 4.79 Å². The highest BCUT2D eigenvalue weighted by molar-refractivity contribution is 5.89. The van der Waals surface area contributed by atoms with Gasteiger partial charge in [0.05, 0.1) is 5.54 Å². The maximum absolute atomic E-state index is 12.1. The first-order valence-electron chi connectivity index (χ1n) is 6.05. The largest absolute Gasteiger partial charge is 0.305 e. The van der Waals surface area contributed by atoms with Crippen LogP contribution in [0, 0.1) is 5.92 Å². The SMILES string of the molecule is CCC1(C(=O)CC2CCC2)CCCN1. The van der Waals surface area contributed by atoms with Crippen molar-refractivity contribution in [2.45, 2.75) is 57.4 Å². The van der Waals surface area contributed by atoms with E-state index in [0.717, 1.165) is 25.8 Å². The van der Waals surface area contributed by atoms with Gasteiger partial charge in [0.15, 0.2) is 5.78 Å². The quantitative estimate of drug-likeness (QED) is 0.745. The van der Waals surface area contributed by atoms with Crippen molar-refractivity contribution in [1.29, 1.82) is 0 Å². The van der Waals surface area contributed by atoms with Crippen LogP contribution in [0.5, 0.6) is 0 Å². The summed E-state index contributed by atoms with van der Waals surface area (Å²) in [5.74, 6) is 1.20. The standard InChI is InChI=1S/C12H21NO/c1-2-12(7-4-8-13-12)11(14)9-10-5-3-6-10/h10,13H,2-9H2,1H3. The molecule has 0 spiro atoms. The number of carbonyl (C=O) groups is 1. The van der Waals surface area contributed by atoms with Gasteiger partial charge in [-0.2, -0.15) is 0 Å². The van der Waals surface area contributed by atoms with Crippen LogP contribution in [0.3, 0.4) is 0 Å². The van der Waals surface area contributed by atoms with Crippen LogP contribution in [0.1, 0.15) is 51.9 Å². The van der Waals surface area contributed by atoms with Crippen molar-refractivity contribution in [1.82, 2.24) is 5.32 Å². The van der Waals surface area contributed by atoms with Crippen molar-refractivity contribution in [3.8, 4) is 0 Å². The van der Waals surface area contributed by atoms with Crippen LogP contribution in [-0.4, -0.2) is 17.9 Å². The van der Waals surface area contributed by atoms with E-state index in [1.54, 1.807) is 0 Å². The fraction of sp³-hybridized carbons (Fsp3) is 0.917. The summed E-state index contributed by atoms with van der Waals surface area (Å²) in [6.45, 7) is 3.17. The molecule has 1 heterocycles. The van der Waals surface area contributed by atoms with Gasteiger partial charge in [-0.05, 0) is 31.7 Å². The Morgan fingerprint density at radius 2 is 2.21 bits per heavy atom. The lowest BCUT2D eigenvalue weighted by Gasteiger charge is -2.31. The molecular weight excluding hydrogens is 174 g/mol. The number of hydrogen-bond donors (Lipinski definition) is 1. The van der Waals surface area contributed by atoms with Crippen LogP contribution in [0.15, 0.2) is 0 Å². The molecule has 2 fully saturated rings. The normalized spacial score (nSPS) is 32.9. The Morgan fingerprint density at radius 1 is 1.43 bits per heavy atom. The average Bonchev–Trinajstić information content (AvgIpc) is 2.60. The summed E-state index contributed by atoms with van der Waals surface area (Å²) in [7, 11) is 0. The summed E-state index contributed by atoms with van der Waals surface area (Å²) in [6.07, 6.45) is 7.94. The van der Waals surface area contributed by atoms with Gasteiger partial charge in [-0.25, -0.2) is 0 Å². The predicted octanol–water partition coefficient (Wildman–Crippen LogP) is 2.28. The van der Waals surface area contributed by atoms with E-state index in [1.807, 2.05) is 0 Å². The van der Waals surface area contributed by atoms with Crippen molar-refractivity contribution >= 4 is 5.78 Å². The van der Waals surface area contributed by atoms with Crippen molar-refractivity contribution in [3.05, 3.63) is 0 Å². The molecule has 2 nitrogen and oxygen atoms in total. The number of ketones is 1. The third kappa shape index (κ3) is 1.72. The molecule has 1 unspecified atom stereocenters. The summed E-state index contributed by atoms with van der Waals surface area (Å²) in [5, 5.41) is 3.42. The Bertz CT molecular complexity index is 214. The Labute approximate surface area is 86.5 Å². The lowest BCUT2D eigenvalue weighted by Crippen LogP contribution is -2.47. The van der Waals surface area contributed by atoms with Gasteiger partial charge in [-0.1, -0.05) is 26.2 Å². The van der Waals surface area contributed by atoms with Gasteiger partial charge in [0.25, 0.3) is 0 Å². The number of Topliss-reactive ketones (excluding diaryl/α,β-unsaturated/α-hetero) is 1. The maximum Gasteiger partial charge on any atom is 0.153 e. The molecule has 0 aromatic heterocycles. The van der Waals surface area contributed by atoms with Gasteiger partial charge < -0.3 is 5.32 Å². The van der Waals surface area contributed by atoms with Gasteiger partial charge >= 0.3 is 0 Å². The molecule has 0 aromatic rings. The van der Waals surface area contributed by atoms with E-state index in [0.29, 0.717) is 11.7 Å². The van der Waals surface area contributed by atoms with Crippen LogP contribution in [0.2, 0.25) is 0 Å². The van der Waals surface area contributed by atoms with Gasteiger partial charge in [0.1, 0.15) is 0 Å². The number of nitrogens with one attached hydrogen (secondary N) is 1. The number of carbonyl (C=O) groups excluding carboxylic acids is 1. The molecule has 1 saturated carbocycles. The minimum Gasteiger partial charge on any atom is -0.305 e. The van der Waals surface area contributed by atoms with Crippen LogP contribution in [-0.2, 0) is 4.79 Å². The zero-order valence-electron chi connectivity index (χ0n) is 9.14. The van der Waals surface area contributed by atoms with Crippen molar-refractivity contribution in [3.63, 3.8) is 0 Å². The van der Waals surface area contributed by atoms with Crippen LogP contribution >= 0.6 is 0 Å². The third-order valence-corrected chi connectivity index (χ3v) is 4.08. The summed E-state index contributed by atoms with van der Waals surface area (Å²) < 4.78 is 0. The lowest BCUT2D eigenvalue weighted by atomic mass is 9.77. The second-order valence-electron chi connectivity index (χ2n) is 4.89. The van der Waals surface area contributed by atoms with Crippen LogP contribution < -0.4 is 5.32 Å². The van der Waals surface area contributed by atoms with Crippen molar-refractivity contribution in [2.24, 2.45) is 5.92 Å². The predicted molar refractivity (Wildman–Crippen MR) is 57.2 cm³/mol. The summed E-state index contributed by atoms with van der Waals surface area (Å²) in [6, 6.07) is 0. The van der Waals surface area contributed by atoms with Gasteiger partial charge in [0.2, 0.25) is 0 Å². The molecule has 2 aliphatic rings. The summed E-state index contributed by atoms with van der Waals surface area (Å²) >= 11 is 0. The molecule has 2 rings (SSSR count).